The maximum Gasteiger partial charge on any atom is 0.0509 e. The van der Waals surface area contributed by atoms with Crippen molar-refractivity contribution in [3.05, 3.63) is 30.6 Å². The molecule has 1 unspecified atom stereocenters. The number of nitrogens with zero attached hydrogens (tertiary/aromatic N) is 1. The second-order valence-electron chi connectivity index (χ2n) is 2.28. The molecule has 0 spiro atoms. The van der Waals surface area contributed by atoms with Crippen LogP contribution in [0.1, 0.15) is 20.3 Å². The quantitative estimate of drug-likeness (QED) is 0.668. The summed E-state index contributed by atoms with van der Waals surface area (Å²) in [5.41, 5.74) is 0. The van der Waals surface area contributed by atoms with Crippen LogP contribution in [0.4, 0.5) is 0 Å². The zero-order valence-electron chi connectivity index (χ0n) is 7.07. The van der Waals surface area contributed by atoms with Gasteiger partial charge in [0.05, 0.1) is 6.10 Å². The Bertz CT molecular complexity index is 124. The molecule has 0 saturated carbocycles. The van der Waals surface area contributed by atoms with Gasteiger partial charge in [-0.05, 0) is 25.5 Å². The van der Waals surface area contributed by atoms with Gasteiger partial charge < -0.3 is 5.11 Å². The third kappa shape index (κ3) is 9.11. The van der Waals surface area contributed by atoms with E-state index in [4.69, 9.17) is 5.11 Å². The first kappa shape index (κ1) is 10.1. The van der Waals surface area contributed by atoms with Crippen LogP contribution in [-0.4, -0.2) is 16.2 Å². The first-order valence-corrected chi connectivity index (χ1v) is 3.80. The lowest BCUT2D eigenvalue weighted by Crippen LogP contribution is -1.93. The number of pyridine rings is 1. The second kappa shape index (κ2) is 7.22. The van der Waals surface area contributed by atoms with Gasteiger partial charge in [-0.1, -0.05) is 13.0 Å². The van der Waals surface area contributed by atoms with Gasteiger partial charge in [0.15, 0.2) is 0 Å². The number of rotatable bonds is 1. The summed E-state index contributed by atoms with van der Waals surface area (Å²) in [6, 6.07) is 5.72. The van der Waals surface area contributed by atoms with Crippen LogP contribution in [-0.2, 0) is 0 Å². The molecule has 0 aliphatic rings. The van der Waals surface area contributed by atoms with E-state index in [2.05, 4.69) is 4.98 Å². The van der Waals surface area contributed by atoms with Crippen LogP contribution < -0.4 is 0 Å². The molecule has 1 N–H and O–H groups in total. The number of aliphatic hydroxyl groups is 1. The van der Waals surface area contributed by atoms with E-state index < -0.39 is 0 Å². The largest absolute Gasteiger partial charge is 0.393 e. The molecular formula is C9H15NO. The lowest BCUT2D eigenvalue weighted by molar-refractivity contribution is 0.191. The van der Waals surface area contributed by atoms with E-state index in [0.29, 0.717) is 0 Å². The smallest absolute Gasteiger partial charge is 0.0509 e. The molecule has 0 aliphatic carbocycles. The topological polar surface area (TPSA) is 33.1 Å². The lowest BCUT2D eigenvalue weighted by atomic mass is 10.3. The van der Waals surface area contributed by atoms with Crippen molar-refractivity contribution in [3.63, 3.8) is 0 Å². The Morgan fingerprint density at radius 3 is 1.82 bits per heavy atom. The fourth-order valence-corrected chi connectivity index (χ4v) is 0.313. The highest BCUT2D eigenvalue weighted by molar-refractivity contribution is 4.88. The highest BCUT2D eigenvalue weighted by Crippen LogP contribution is 1.81. The minimum Gasteiger partial charge on any atom is -0.393 e. The van der Waals surface area contributed by atoms with E-state index in [1.54, 1.807) is 19.3 Å². The highest BCUT2D eigenvalue weighted by atomic mass is 16.3. The van der Waals surface area contributed by atoms with Crippen LogP contribution in [0.2, 0.25) is 0 Å². The zero-order chi connectivity index (χ0) is 8.53. The van der Waals surface area contributed by atoms with Crippen LogP contribution >= 0.6 is 0 Å². The average molecular weight is 153 g/mol. The van der Waals surface area contributed by atoms with Gasteiger partial charge in [-0.15, -0.1) is 0 Å². The first-order chi connectivity index (χ1) is 5.27. The summed E-state index contributed by atoms with van der Waals surface area (Å²) >= 11 is 0. The van der Waals surface area contributed by atoms with Crippen LogP contribution in [0.15, 0.2) is 30.6 Å². The van der Waals surface area contributed by atoms with Crippen molar-refractivity contribution in [2.24, 2.45) is 0 Å². The van der Waals surface area contributed by atoms with Gasteiger partial charge >= 0.3 is 0 Å². The molecule has 62 valence electrons. The molecule has 1 atom stereocenters. The van der Waals surface area contributed by atoms with E-state index in [1.165, 1.54) is 0 Å². The number of hydrogen-bond acceptors (Lipinski definition) is 2. The normalized spacial score (nSPS) is 11.2. The van der Waals surface area contributed by atoms with Gasteiger partial charge in [0, 0.05) is 12.4 Å². The van der Waals surface area contributed by atoms with Gasteiger partial charge in [0.2, 0.25) is 0 Å². The predicted molar refractivity (Wildman–Crippen MR) is 46.2 cm³/mol. The van der Waals surface area contributed by atoms with Crippen LogP contribution in [0, 0.1) is 0 Å². The summed E-state index contributed by atoms with van der Waals surface area (Å²) in [4.78, 5) is 3.78. The molecule has 0 fully saturated rings. The lowest BCUT2D eigenvalue weighted by Gasteiger charge is -1.90. The Hall–Kier alpha value is -0.890. The van der Waals surface area contributed by atoms with Crippen LogP contribution in [0.3, 0.4) is 0 Å². The van der Waals surface area contributed by atoms with Crippen molar-refractivity contribution in [1.82, 2.24) is 4.98 Å². The molecule has 0 bridgehead atoms. The van der Waals surface area contributed by atoms with Crippen molar-refractivity contribution in [3.8, 4) is 0 Å². The summed E-state index contributed by atoms with van der Waals surface area (Å²) in [7, 11) is 0. The Kier molecular flexibility index (Phi) is 6.64. The molecular weight excluding hydrogens is 138 g/mol. The zero-order valence-corrected chi connectivity index (χ0v) is 7.07. The van der Waals surface area contributed by atoms with Gasteiger partial charge in [-0.25, -0.2) is 0 Å². The minimum absolute atomic E-state index is 0.116. The Labute approximate surface area is 67.9 Å². The third-order valence-corrected chi connectivity index (χ3v) is 1.16. The summed E-state index contributed by atoms with van der Waals surface area (Å²) in [5, 5.41) is 8.36. The maximum atomic E-state index is 8.36. The molecule has 1 aromatic heterocycles. The maximum absolute atomic E-state index is 8.36. The fourth-order valence-electron chi connectivity index (χ4n) is 0.313. The van der Waals surface area contributed by atoms with Crippen molar-refractivity contribution in [2.45, 2.75) is 26.4 Å². The summed E-state index contributed by atoms with van der Waals surface area (Å²) < 4.78 is 0. The van der Waals surface area contributed by atoms with Crippen LogP contribution in [0.5, 0.6) is 0 Å². The van der Waals surface area contributed by atoms with Crippen molar-refractivity contribution in [1.29, 1.82) is 0 Å². The SMILES string of the molecule is CCC(C)O.c1ccncc1. The van der Waals surface area contributed by atoms with E-state index in [-0.39, 0.29) is 6.10 Å². The molecule has 0 saturated heterocycles. The average Bonchev–Trinajstić information content (AvgIpc) is 2.09. The highest BCUT2D eigenvalue weighted by Gasteiger charge is 1.81. The summed E-state index contributed by atoms with van der Waals surface area (Å²) in [6.07, 6.45) is 4.25. The molecule has 2 nitrogen and oxygen atoms in total. The van der Waals surface area contributed by atoms with Crippen LogP contribution in [0.25, 0.3) is 0 Å². The second-order valence-corrected chi connectivity index (χ2v) is 2.28. The predicted octanol–water partition coefficient (Wildman–Crippen LogP) is 1.86. The van der Waals surface area contributed by atoms with Crippen molar-refractivity contribution in [2.75, 3.05) is 0 Å². The number of aliphatic hydroxyl groups excluding tert-OH is 1. The summed E-state index contributed by atoms with van der Waals surface area (Å²) in [5.74, 6) is 0. The fraction of sp³-hybridized carbons (Fsp3) is 0.444. The Morgan fingerprint density at radius 1 is 1.27 bits per heavy atom. The molecule has 0 aliphatic heterocycles. The van der Waals surface area contributed by atoms with E-state index in [0.717, 1.165) is 6.42 Å². The van der Waals surface area contributed by atoms with E-state index >= 15 is 0 Å². The summed E-state index contributed by atoms with van der Waals surface area (Å²) in [6.45, 7) is 3.73. The minimum atomic E-state index is -0.116. The molecule has 1 aromatic rings. The Morgan fingerprint density at radius 2 is 1.73 bits per heavy atom. The molecule has 1 heterocycles. The Balaban J connectivity index is 0.000000187. The molecule has 0 amide bonds. The monoisotopic (exact) mass is 153 g/mol. The number of aromatic nitrogens is 1. The standard InChI is InChI=1S/C5H5N.C4H10O/c1-2-4-6-5-3-1;1-3-4(2)5/h1-5H;4-5H,3H2,1-2H3. The molecule has 0 aromatic carbocycles. The molecule has 0 radical (unpaired) electrons. The van der Waals surface area contributed by atoms with Crippen molar-refractivity contribution < 1.29 is 5.11 Å². The molecule has 1 rings (SSSR count). The van der Waals surface area contributed by atoms with E-state index in [1.807, 2.05) is 25.1 Å². The molecule has 2 heteroatoms. The first-order valence-electron chi connectivity index (χ1n) is 3.80. The third-order valence-electron chi connectivity index (χ3n) is 1.16. The van der Waals surface area contributed by atoms with E-state index in [9.17, 15) is 0 Å². The van der Waals surface area contributed by atoms with Gasteiger partial charge in [0.1, 0.15) is 0 Å². The molecule has 11 heavy (non-hydrogen) atoms. The van der Waals surface area contributed by atoms with Gasteiger partial charge in [-0.2, -0.15) is 0 Å². The number of hydrogen-bond donors (Lipinski definition) is 1. The van der Waals surface area contributed by atoms with Gasteiger partial charge in [0.25, 0.3) is 0 Å². The van der Waals surface area contributed by atoms with Gasteiger partial charge in [-0.3, -0.25) is 4.98 Å². The van der Waals surface area contributed by atoms with Crippen molar-refractivity contribution >= 4 is 0 Å².